The molecule has 0 fully saturated rings. The lowest BCUT2D eigenvalue weighted by molar-refractivity contribution is -0.128. The van der Waals surface area contributed by atoms with Gasteiger partial charge in [0.05, 0.1) is 18.7 Å². The molecular formula is C38H42FN5O3. The van der Waals surface area contributed by atoms with Crippen LogP contribution in [0.1, 0.15) is 55.5 Å². The van der Waals surface area contributed by atoms with Gasteiger partial charge in [0.2, 0.25) is 5.91 Å². The molecule has 0 radical (unpaired) electrons. The standard InChI is InChI=1S/C25H22FN3O3.C13H20N2/c1-16(17-10-11-23-20(14-17)18-6-3-5-9-22(18)32-23)28-15-24(31)29(12-13-30)25(27)19-7-2-4-8-21(19)26;1-4-5-12-6-7-15-10-13(12)8-11(2)9-14-3/h2-11,13-14,16,27-28H,12,15H2,1H3;6-8,10,14H,4-5,9H2,1-3H3/b;11-8+. The molecule has 47 heavy (non-hydrogen) atoms. The second-order valence-electron chi connectivity index (χ2n) is 11.3. The molecule has 3 aromatic carbocycles. The summed E-state index contributed by atoms with van der Waals surface area (Å²) >= 11 is 0. The SMILES string of the molecule is CC(NCC(=O)N(CC=O)C(=N)c1ccccc1F)c1ccc2oc3ccccc3c2c1.CCCc1ccncc1/C=C(\C)CNC. The molecular weight excluding hydrogens is 593 g/mol. The molecule has 1 amide bonds. The van der Waals surface area contributed by atoms with Crippen LogP contribution in [0.25, 0.3) is 28.0 Å². The minimum Gasteiger partial charge on any atom is -0.456 e. The van der Waals surface area contributed by atoms with E-state index in [1.54, 1.807) is 6.07 Å². The summed E-state index contributed by atoms with van der Waals surface area (Å²) in [6, 6.07) is 21.3. The van der Waals surface area contributed by atoms with Gasteiger partial charge < -0.3 is 19.8 Å². The smallest absolute Gasteiger partial charge is 0.242 e. The number of nitrogens with zero attached hydrogens (tertiary/aromatic N) is 2. The van der Waals surface area contributed by atoms with Crippen LogP contribution in [0.4, 0.5) is 4.39 Å². The number of fused-ring (bicyclic) bond motifs is 3. The fourth-order valence-corrected chi connectivity index (χ4v) is 5.32. The molecule has 0 saturated heterocycles. The molecule has 8 nitrogen and oxygen atoms in total. The second-order valence-corrected chi connectivity index (χ2v) is 11.3. The Morgan fingerprint density at radius 1 is 1.04 bits per heavy atom. The van der Waals surface area contributed by atoms with Gasteiger partial charge >= 0.3 is 0 Å². The first kappa shape index (κ1) is 34.9. The van der Waals surface area contributed by atoms with Gasteiger partial charge in [-0.1, -0.05) is 61.4 Å². The fourth-order valence-electron chi connectivity index (χ4n) is 5.32. The van der Waals surface area contributed by atoms with Gasteiger partial charge in [0.25, 0.3) is 0 Å². The summed E-state index contributed by atoms with van der Waals surface area (Å²) in [5.41, 5.74) is 6.51. The molecule has 0 bridgehead atoms. The number of likely N-dealkylation sites (N-methyl/N-ethyl adjacent to an activating group) is 1. The van der Waals surface area contributed by atoms with E-state index >= 15 is 0 Å². The van der Waals surface area contributed by atoms with Crippen molar-refractivity contribution in [2.45, 2.75) is 39.7 Å². The lowest BCUT2D eigenvalue weighted by atomic mass is 10.0. The zero-order chi connectivity index (χ0) is 33.8. The monoisotopic (exact) mass is 635 g/mol. The summed E-state index contributed by atoms with van der Waals surface area (Å²) < 4.78 is 19.9. The Hall–Kier alpha value is -4.99. The molecule has 1 unspecified atom stereocenters. The van der Waals surface area contributed by atoms with E-state index in [1.807, 2.05) is 68.8 Å². The summed E-state index contributed by atoms with van der Waals surface area (Å²) in [6.45, 7) is 6.75. The van der Waals surface area contributed by atoms with Crippen molar-refractivity contribution in [1.82, 2.24) is 20.5 Å². The van der Waals surface area contributed by atoms with Crippen LogP contribution in [-0.4, -0.2) is 54.6 Å². The van der Waals surface area contributed by atoms with Gasteiger partial charge in [-0.05, 0) is 80.4 Å². The maximum atomic E-state index is 14.1. The highest BCUT2D eigenvalue weighted by molar-refractivity contribution is 6.08. The first-order chi connectivity index (χ1) is 22.8. The maximum Gasteiger partial charge on any atom is 0.242 e. The number of halogens is 1. The van der Waals surface area contributed by atoms with Gasteiger partial charge in [0.1, 0.15) is 29.1 Å². The molecule has 3 N–H and O–H groups in total. The quantitative estimate of drug-likeness (QED) is 0.0767. The van der Waals surface area contributed by atoms with E-state index in [-0.39, 0.29) is 30.5 Å². The van der Waals surface area contributed by atoms with E-state index in [9.17, 15) is 14.0 Å². The van der Waals surface area contributed by atoms with Gasteiger partial charge in [-0.15, -0.1) is 0 Å². The first-order valence-corrected chi connectivity index (χ1v) is 15.7. The number of aryl methyl sites for hydroxylation is 1. The Labute approximate surface area is 275 Å². The van der Waals surface area contributed by atoms with Crippen LogP contribution in [0, 0.1) is 11.2 Å². The Kier molecular flexibility index (Phi) is 12.7. The van der Waals surface area contributed by atoms with Crippen LogP contribution in [0.3, 0.4) is 0 Å². The Morgan fingerprint density at radius 3 is 2.53 bits per heavy atom. The minimum absolute atomic E-state index is 0.0342. The number of aldehydes is 1. The molecule has 9 heteroatoms. The second kappa shape index (κ2) is 17.1. The van der Waals surface area contributed by atoms with E-state index in [4.69, 9.17) is 9.83 Å². The highest BCUT2D eigenvalue weighted by Crippen LogP contribution is 2.30. The first-order valence-electron chi connectivity index (χ1n) is 15.7. The molecule has 0 spiro atoms. The van der Waals surface area contributed by atoms with Gasteiger partial charge in [-0.3, -0.25) is 20.1 Å². The van der Waals surface area contributed by atoms with Crippen LogP contribution in [0.2, 0.25) is 0 Å². The van der Waals surface area contributed by atoms with Crippen LogP contribution < -0.4 is 10.6 Å². The predicted molar refractivity (Wildman–Crippen MR) is 187 cm³/mol. The zero-order valence-corrected chi connectivity index (χ0v) is 27.3. The highest BCUT2D eigenvalue weighted by Gasteiger charge is 2.22. The molecule has 5 rings (SSSR count). The Balaban J connectivity index is 0.000000280. The summed E-state index contributed by atoms with van der Waals surface area (Å²) in [7, 11) is 1.97. The largest absolute Gasteiger partial charge is 0.456 e. The summed E-state index contributed by atoms with van der Waals surface area (Å²) in [5.74, 6) is -1.46. The summed E-state index contributed by atoms with van der Waals surface area (Å²) in [5, 5.41) is 16.5. The van der Waals surface area contributed by atoms with Gasteiger partial charge in [0.15, 0.2) is 0 Å². The lowest BCUT2D eigenvalue weighted by Gasteiger charge is -2.23. The molecule has 2 heterocycles. The number of pyridine rings is 1. The Bertz CT molecular complexity index is 1870. The molecule has 0 aliphatic carbocycles. The number of hydrogen-bond donors (Lipinski definition) is 3. The van der Waals surface area contributed by atoms with Crippen molar-refractivity contribution in [1.29, 1.82) is 5.41 Å². The third-order valence-electron chi connectivity index (χ3n) is 7.74. The number of nitrogens with one attached hydrogen (secondary N) is 3. The topological polar surface area (TPSA) is 111 Å². The number of furan rings is 1. The van der Waals surface area contributed by atoms with Crippen molar-refractivity contribution in [2.24, 2.45) is 0 Å². The van der Waals surface area contributed by atoms with E-state index in [2.05, 4.69) is 41.6 Å². The molecule has 0 aliphatic heterocycles. The molecule has 0 aliphatic rings. The summed E-state index contributed by atoms with van der Waals surface area (Å²) in [4.78, 5) is 29.0. The number of amides is 1. The van der Waals surface area contributed by atoms with Crippen molar-refractivity contribution >= 4 is 46.0 Å². The van der Waals surface area contributed by atoms with Crippen molar-refractivity contribution < 1.29 is 18.4 Å². The van der Waals surface area contributed by atoms with E-state index in [0.29, 0.717) is 6.29 Å². The third-order valence-corrected chi connectivity index (χ3v) is 7.74. The average molecular weight is 636 g/mol. The number of hydrogen-bond acceptors (Lipinski definition) is 7. The zero-order valence-electron chi connectivity index (χ0n) is 27.3. The molecule has 2 aromatic heterocycles. The normalized spacial score (nSPS) is 12.0. The lowest BCUT2D eigenvalue weighted by Crippen LogP contribution is -2.43. The van der Waals surface area contributed by atoms with Crippen molar-refractivity contribution in [3.63, 3.8) is 0 Å². The summed E-state index contributed by atoms with van der Waals surface area (Å²) in [6.07, 6.45) is 8.86. The van der Waals surface area contributed by atoms with Gasteiger partial charge in [-0.2, -0.15) is 0 Å². The van der Waals surface area contributed by atoms with E-state index < -0.39 is 11.7 Å². The minimum atomic E-state index is -0.622. The molecule has 5 aromatic rings. The third kappa shape index (κ3) is 9.06. The molecule has 244 valence electrons. The number of para-hydroxylation sites is 1. The van der Waals surface area contributed by atoms with E-state index in [0.717, 1.165) is 45.4 Å². The average Bonchev–Trinajstić information content (AvgIpc) is 3.45. The van der Waals surface area contributed by atoms with Crippen LogP contribution in [0.15, 0.2) is 95.2 Å². The molecule has 0 saturated carbocycles. The van der Waals surface area contributed by atoms with Crippen molar-refractivity contribution in [2.75, 3.05) is 26.7 Å². The number of amidine groups is 1. The van der Waals surface area contributed by atoms with Crippen LogP contribution >= 0.6 is 0 Å². The van der Waals surface area contributed by atoms with Gasteiger partial charge in [0, 0.05) is 35.8 Å². The highest BCUT2D eigenvalue weighted by atomic mass is 19.1. The predicted octanol–water partition coefficient (Wildman–Crippen LogP) is 7.09. The molecule has 1 atom stereocenters. The van der Waals surface area contributed by atoms with Gasteiger partial charge in [-0.25, -0.2) is 4.39 Å². The van der Waals surface area contributed by atoms with Crippen molar-refractivity contribution in [3.05, 3.63) is 119 Å². The number of benzene rings is 3. The van der Waals surface area contributed by atoms with Crippen molar-refractivity contribution in [3.8, 4) is 0 Å². The number of carbonyl (C=O) groups is 2. The fraction of sp³-hybridized carbons (Fsp3) is 0.263. The Morgan fingerprint density at radius 2 is 1.79 bits per heavy atom. The number of rotatable bonds is 12. The number of aromatic nitrogens is 1. The number of carbonyl (C=O) groups excluding carboxylic acids is 2. The van der Waals surface area contributed by atoms with Crippen LogP contribution in [0.5, 0.6) is 0 Å². The van der Waals surface area contributed by atoms with E-state index in [1.165, 1.54) is 41.3 Å². The van der Waals surface area contributed by atoms with Crippen LogP contribution in [-0.2, 0) is 16.0 Å². The maximum absolute atomic E-state index is 14.1.